The Kier molecular flexibility index (Phi) is 5.07. The van der Waals surface area contributed by atoms with Crippen molar-refractivity contribution in [2.75, 3.05) is 12.4 Å². The molecule has 2 heterocycles. The van der Waals surface area contributed by atoms with Gasteiger partial charge < -0.3 is 14.6 Å². The van der Waals surface area contributed by atoms with Crippen LogP contribution < -0.4 is 15.6 Å². The van der Waals surface area contributed by atoms with E-state index in [-0.39, 0.29) is 18.0 Å². The smallest absolute Gasteiger partial charge is 0.258 e. The summed E-state index contributed by atoms with van der Waals surface area (Å²) in [5, 5.41) is 3.88. The predicted molar refractivity (Wildman–Crippen MR) is 112 cm³/mol. The molecule has 2 aromatic heterocycles. The first kappa shape index (κ1) is 18.4. The summed E-state index contributed by atoms with van der Waals surface area (Å²) in [5.41, 5.74) is 1.09. The summed E-state index contributed by atoms with van der Waals surface area (Å²) in [6, 6.07) is 19.9. The lowest BCUT2D eigenvalue weighted by atomic mass is 10.1. The Hall–Kier alpha value is -3.93. The molecule has 29 heavy (non-hydrogen) atoms. The molecular formula is C23H19N3O3. The minimum atomic E-state index is -0.325. The van der Waals surface area contributed by atoms with Crippen LogP contribution in [0.25, 0.3) is 10.8 Å². The molecule has 4 rings (SSSR count). The van der Waals surface area contributed by atoms with Gasteiger partial charge in [0.05, 0.1) is 19.2 Å². The van der Waals surface area contributed by atoms with Gasteiger partial charge in [0.15, 0.2) is 0 Å². The molecule has 0 saturated carbocycles. The van der Waals surface area contributed by atoms with Crippen molar-refractivity contribution in [2.24, 2.45) is 0 Å². The van der Waals surface area contributed by atoms with Crippen molar-refractivity contribution >= 4 is 22.5 Å². The monoisotopic (exact) mass is 385 g/mol. The van der Waals surface area contributed by atoms with Gasteiger partial charge in [-0.1, -0.05) is 42.5 Å². The number of nitrogens with one attached hydrogen (secondary N) is 1. The number of anilines is 1. The summed E-state index contributed by atoms with van der Waals surface area (Å²) in [7, 11) is 1.59. The van der Waals surface area contributed by atoms with Crippen LogP contribution in [0.3, 0.4) is 0 Å². The van der Waals surface area contributed by atoms with Crippen LogP contribution in [0.2, 0.25) is 0 Å². The van der Waals surface area contributed by atoms with Gasteiger partial charge in [-0.2, -0.15) is 0 Å². The molecule has 6 heteroatoms. The third-order valence-electron chi connectivity index (χ3n) is 4.68. The number of amides is 1. The fourth-order valence-corrected chi connectivity index (χ4v) is 3.28. The van der Waals surface area contributed by atoms with Crippen LogP contribution in [0.4, 0.5) is 5.82 Å². The fourth-order valence-electron chi connectivity index (χ4n) is 3.28. The van der Waals surface area contributed by atoms with Crippen LogP contribution in [-0.2, 0) is 6.54 Å². The van der Waals surface area contributed by atoms with Crippen LogP contribution in [-0.4, -0.2) is 22.6 Å². The number of pyridine rings is 2. The molecule has 1 N–H and O–H groups in total. The standard InChI is InChI=1S/C23H19N3O3/c1-29-20-11-5-2-8-16(20)14-26-15-19(17-9-3-4-10-18(17)23(26)28)22(27)25-21-12-6-7-13-24-21/h2-13,15H,14H2,1H3,(H,24,25,27). The molecule has 144 valence electrons. The van der Waals surface area contributed by atoms with E-state index in [0.29, 0.717) is 27.9 Å². The molecule has 0 bridgehead atoms. The van der Waals surface area contributed by atoms with Gasteiger partial charge in [0, 0.05) is 28.7 Å². The number of carbonyl (C=O) groups excluding carboxylic acids is 1. The fraction of sp³-hybridized carbons (Fsp3) is 0.0870. The van der Waals surface area contributed by atoms with Crippen LogP contribution in [0.15, 0.2) is 83.9 Å². The normalized spacial score (nSPS) is 10.7. The highest BCUT2D eigenvalue weighted by Gasteiger charge is 2.16. The number of benzene rings is 2. The van der Waals surface area contributed by atoms with Gasteiger partial charge in [-0.25, -0.2) is 4.98 Å². The predicted octanol–water partition coefficient (Wildman–Crippen LogP) is 3.71. The number of rotatable bonds is 5. The molecule has 0 radical (unpaired) electrons. The second kappa shape index (κ2) is 7.98. The number of hydrogen-bond donors (Lipinski definition) is 1. The third-order valence-corrected chi connectivity index (χ3v) is 4.68. The number of nitrogens with zero attached hydrogens (tertiary/aromatic N) is 2. The summed E-state index contributed by atoms with van der Waals surface area (Å²) < 4.78 is 6.93. The van der Waals surface area contributed by atoms with Crippen LogP contribution in [0.1, 0.15) is 15.9 Å². The van der Waals surface area contributed by atoms with Crippen LogP contribution in [0, 0.1) is 0 Å². The van der Waals surface area contributed by atoms with E-state index in [4.69, 9.17) is 4.74 Å². The summed E-state index contributed by atoms with van der Waals surface area (Å²) in [5.74, 6) is 0.810. The number of para-hydroxylation sites is 1. The van der Waals surface area contributed by atoms with E-state index >= 15 is 0 Å². The quantitative estimate of drug-likeness (QED) is 0.568. The van der Waals surface area contributed by atoms with Crippen molar-refractivity contribution in [3.63, 3.8) is 0 Å². The van der Waals surface area contributed by atoms with E-state index < -0.39 is 0 Å². The molecule has 0 aliphatic rings. The number of methoxy groups -OCH3 is 1. The molecule has 0 atom stereocenters. The maximum absolute atomic E-state index is 13.0. The van der Waals surface area contributed by atoms with E-state index in [9.17, 15) is 9.59 Å². The lowest BCUT2D eigenvalue weighted by Gasteiger charge is -2.14. The van der Waals surface area contributed by atoms with Gasteiger partial charge in [-0.3, -0.25) is 9.59 Å². The van der Waals surface area contributed by atoms with Crippen molar-refractivity contribution in [2.45, 2.75) is 6.54 Å². The lowest BCUT2D eigenvalue weighted by Crippen LogP contribution is -2.24. The Labute approximate surface area is 167 Å². The molecular weight excluding hydrogens is 366 g/mol. The Balaban J connectivity index is 1.81. The second-order valence-corrected chi connectivity index (χ2v) is 6.50. The minimum absolute atomic E-state index is 0.166. The molecule has 0 spiro atoms. The average Bonchev–Trinajstić information content (AvgIpc) is 2.76. The second-order valence-electron chi connectivity index (χ2n) is 6.50. The minimum Gasteiger partial charge on any atom is -0.496 e. The summed E-state index contributed by atoms with van der Waals surface area (Å²) in [6.45, 7) is 0.289. The van der Waals surface area contributed by atoms with Crippen molar-refractivity contribution in [3.05, 3.63) is 101 Å². The van der Waals surface area contributed by atoms with E-state index in [1.807, 2.05) is 30.3 Å². The van der Waals surface area contributed by atoms with Crippen LogP contribution in [0.5, 0.6) is 5.75 Å². The zero-order valence-electron chi connectivity index (χ0n) is 15.8. The molecule has 2 aromatic carbocycles. The molecule has 0 aliphatic heterocycles. The maximum Gasteiger partial charge on any atom is 0.258 e. The molecule has 0 unspecified atom stereocenters. The summed E-state index contributed by atoms with van der Waals surface area (Å²) >= 11 is 0. The van der Waals surface area contributed by atoms with E-state index in [0.717, 1.165) is 5.56 Å². The van der Waals surface area contributed by atoms with Gasteiger partial charge in [-0.15, -0.1) is 0 Å². The Morgan fingerprint density at radius 2 is 1.72 bits per heavy atom. The highest BCUT2D eigenvalue weighted by Crippen LogP contribution is 2.21. The molecule has 6 nitrogen and oxygen atoms in total. The highest BCUT2D eigenvalue weighted by molar-refractivity contribution is 6.12. The number of aromatic nitrogens is 2. The Bertz CT molecular complexity index is 1230. The van der Waals surface area contributed by atoms with Gasteiger partial charge in [0.2, 0.25) is 0 Å². The van der Waals surface area contributed by atoms with E-state index in [1.54, 1.807) is 55.9 Å². The summed E-state index contributed by atoms with van der Waals surface area (Å²) in [4.78, 5) is 30.2. The van der Waals surface area contributed by atoms with Gasteiger partial charge in [0.1, 0.15) is 11.6 Å². The first-order valence-corrected chi connectivity index (χ1v) is 9.14. The van der Waals surface area contributed by atoms with Gasteiger partial charge in [0.25, 0.3) is 11.5 Å². The lowest BCUT2D eigenvalue weighted by molar-refractivity contribution is 0.102. The average molecular weight is 385 g/mol. The molecule has 1 amide bonds. The van der Waals surface area contributed by atoms with Crippen molar-refractivity contribution in [1.82, 2.24) is 9.55 Å². The summed E-state index contributed by atoms with van der Waals surface area (Å²) in [6.07, 6.45) is 3.20. The third kappa shape index (κ3) is 3.73. The first-order chi connectivity index (χ1) is 14.2. The van der Waals surface area contributed by atoms with Crippen LogP contribution >= 0.6 is 0 Å². The number of ether oxygens (including phenoxy) is 1. The van der Waals surface area contributed by atoms with Crippen molar-refractivity contribution in [3.8, 4) is 5.75 Å². The molecule has 0 aliphatic carbocycles. The SMILES string of the molecule is COc1ccccc1Cn1cc(C(=O)Nc2ccccn2)c2ccccc2c1=O. The van der Waals surface area contributed by atoms with Crippen molar-refractivity contribution < 1.29 is 9.53 Å². The van der Waals surface area contributed by atoms with Crippen molar-refractivity contribution in [1.29, 1.82) is 0 Å². The van der Waals surface area contributed by atoms with Gasteiger partial charge >= 0.3 is 0 Å². The number of carbonyl (C=O) groups is 1. The Morgan fingerprint density at radius 1 is 1.00 bits per heavy atom. The first-order valence-electron chi connectivity index (χ1n) is 9.14. The zero-order chi connectivity index (χ0) is 20.2. The number of hydrogen-bond acceptors (Lipinski definition) is 4. The molecule has 0 saturated heterocycles. The topological polar surface area (TPSA) is 73.2 Å². The zero-order valence-corrected chi connectivity index (χ0v) is 15.8. The van der Waals surface area contributed by atoms with E-state index in [1.165, 1.54) is 4.57 Å². The Morgan fingerprint density at radius 3 is 2.48 bits per heavy atom. The maximum atomic E-state index is 13.0. The van der Waals surface area contributed by atoms with Gasteiger partial charge in [-0.05, 0) is 24.3 Å². The molecule has 0 fully saturated rings. The molecule has 4 aromatic rings. The largest absolute Gasteiger partial charge is 0.496 e. The highest BCUT2D eigenvalue weighted by atomic mass is 16.5. The van der Waals surface area contributed by atoms with E-state index in [2.05, 4.69) is 10.3 Å². The number of fused-ring (bicyclic) bond motifs is 1.